The van der Waals surface area contributed by atoms with Gasteiger partial charge in [-0.05, 0) is 25.5 Å². The molecule has 1 aromatic rings. The van der Waals surface area contributed by atoms with E-state index in [1.54, 1.807) is 24.4 Å². The van der Waals surface area contributed by atoms with Crippen LogP contribution in [0.25, 0.3) is 0 Å². The minimum Gasteiger partial charge on any atom is -0.335 e. The fourth-order valence-electron chi connectivity index (χ4n) is 1.53. The molecule has 0 saturated heterocycles. The van der Waals surface area contributed by atoms with E-state index < -0.39 is 0 Å². The average Bonchev–Trinajstić information content (AvgIpc) is 2.36. The van der Waals surface area contributed by atoms with E-state index in [0.29, 0.717) is 19.3 Å². The van der Waals surface area contributed by atoms with E-state index in [2.05, 4.69) is 5.32 Å². The Morgan fingerprint density at radius 1 is 1.44 bits per heavy atom. The molecule has 1 unspecified atom stereocenters. The van der Waals surface area contributed by atoms with Crippen molar-refractivity contribution in [3.8, 4) is 0 Å². The summed E-state index contributed by atoms with van der Waals surface area (Å²) >= 11 is 0. The Balaban J connectivity index is 2.53. The molecule has 1 atom stereocenters. The molecule has 0 aromatic carbocycles. The fourth-order valence-corrected chi connectivity index (χ4v) is 1.53. The molecule has 1 heterocycles. The van der Waals surface area contributed by atoms with Gasteiger partial charge in [0.1, 0.15) is 11.3 Å². The monoisotopic (exact) mass is 249 g/mol. The lowest BCUT2D eigenvalue weighted by atomic mass is 10.1. The zero-order valence-corrected chi connectivity index (χ0v) is 10.8. The number of pyridine rings is 1. The number of carbonyl (C=O) groups is 2. The van der Waals surface area contributed by atoms with Gasteiger partial charge in [-0.25, -0.2) is 4.79 Å². The maximum atomic E-state index is 11.8. The summed E-state index contributed by atoms with van der Waals surface area (Å²) in [6.45, 7) is 3.69. The first-order valence-corrected chi connectivity index (χ1v) is 6.09. The van der Waals surface area contributed by atoms with Gasteiger partial charge in [-0.1, -0.05) is 13.0 Å². The molecule has 5 nitrogen and oxygen atoms in total. The first kappa shape index (κ1) is 14.2. The molecule has 0 aliphatic heterocycles. The van der Waals surface area contributed by atoms with Crippen molar-refractivity contribution in [2.45, 2.75) is 39.2 Å². The van der Waals surface area contributed by atoms with Gasteiger partial charge < -0.3 is 5.32 Å². The van der Waals surface area contributed by atoms with Gasteiger partial charge in [-0.2, -0.15) is 0 Å². The molecule has 1 amide bonds. The smallest absolute Gasteiger partial charge is 0.327 e. The third kappa shape index (κ3) is 4.16. The summed E-state index contributed by atoms with van der Waals surface area (Å²) in [6, 6.07) is 4.53. The summed E-state index contributed by atoms with van der Waals surface area (Å²) in [4.78, 5) is 23.0. The lowest BCUT2D eigenvalue weighted by molar-refractivity contribution is -0.118. The minimum absolute atomic E-state index is 0.0832. The molecule has 0 radical (unpaired) electrons. The van der Waals surface area contributed by atoms with Gasteiger partial charge in [0.25, 0.3) is 0 Å². The number of carbonyl (C=O) groups excluding carboxylic acids is 2. The number of hydrogen-bond acceptors (Lipinski definition) is 3. The number of aromatic nitrogens is 1. The number of hydrogen-bond donors (Lipinski definition) is 2. The molecule has 5 heteroatoms. The van der Waals surface area contributed by atoms with Crippen molar-refractivity contribution in [2.75, 3.05) is 0 Å². The highest BCUT2D eigenvalue weighted by Crippen LogP contribution is 2.00. The Morgan fingerprint density at radius 2 is 2.17 bits per heavy atom. The van der Waals surface area contributed by atoms with Crippen molar-refractivity contribution in [1.82, 2.24) is 9.88 Å². The van der Waals surface area contributed by atoms with Gasteiger partial charge in [0.05, 0.1) is 0 Å². The quantitative estimate of drug-likeness (QED) is 0.833. The predicted molar refractivity (Wildman–Crippen MR) is 68.2 cm³/mol. The van der Waals surface area contributed by atoms with Crippen molar-refractivity contribution < 1.29 is 9.59 Å². The SMILES string of the molecule is CCC(=O)CCC(C)NC(=O)n1ccccc1=N. The summed E-state index contributed by atoms with van der Waals surface area (Å²) in [6.07, 6.45) is 3.18. The first-order chi connectivity index (χ1) is 8.54. The maximum absolute atomic E-state index is 11.8. The topological polar surface area (TPSA) is 75.0 Å². The number of ketones is 1. The standard InChI is InChI=1S/C13H19N3O2/c1-3-11(17)8-7-10(2)15-13(18)16-9-5-4-6-12(16)14/h4-6,9-10,14H,3,7-8H2,1-2H3,(H,15,18). The van der Waals surface area contributed by atoms with E-state index in [4.69, 9.17) is 5.41 Å². The van der Waals surface area contributed by atoms with Crippen LogP contribution in [0.3, 0.4) is 0 Å². The van der Waals surface area contributed by atoms with E-state index in [9.17, 15) is 9.59 Å². The summed E-state index contributed by atoms with van der Waals surface area (Å²) in [5, 5.41) is 10.4. The number of nitrogens with one attached hydrogen (secondary N) is 2. The number of Topliss-reactive ketones (excluding diaryl/α,β-unsaturated/α-hetero) is 1. The van der Waals surface area contributed by atoms with Gasteiger partial charge >= 0.3 is 6.03 Å². The van der Waals surface area contributed by atoms with Crippen LogP contribution in [0.15, 0.2) is 24.4 Å². The van der Waals surface area contributed by atoms with Crippen LogP contribution in [0, 0.1) is 5.41 Å². The third-order valence-corrected chi connectivity index (χ3v) is 2.70. The molecule has 98 valence electrons. The van der Waals surface area contributed by atoms with Crippen molar-refractivity contribution in [3.05, 3.63) is 29.9 Å². The Morgan fingerprint density at radius 3 is 2.78 bits per heavy atom. The molecule has 1 rings (SSSR count). The lowest BCUT2D eigenvalue weighted by Gasteiger charge is -2.14. The molecule has 1 aromatic heterocycles. The van der Waals surface area contributed by atoms with Gasteiger partial charge in [-0.3, -0.25) is 14.8 Å². The largest absolute Gasteiger partial charge is 0.335 e. The van der Waals surface area contributed by atoms with Crippen molar-refractivity contribution in [1.29, 1.82) is 5.41 Å². The molecular weight excluding hydrogens is 230 g/mol. The molecular formula is C13H19N3O2. The molecule has 18 heavy (non-hydrogen) atoms. The van der Waals surface area contributed by atoms with Gasteiger partial charge in [-0.15, -0.1) is 0 Å². The highest BCUT2D eigenvalue weighted by atomic mass is 16.2. The van der Waals surface area contributed by atoms with E-state index in [0.717, 1.165) is 0 Å². The van der Waals surface area contributed by atoms with Crippen LogP contribution in [0.5, 0.6) is 0 Å². The van der Waals surface area contributed by atoms with Gasteiger partial charge in [0.15, 0.2) is 0 Å². The number of nitrogens with zero attached hydrogens (tertiary/aromatic N) is 1. The van der Waals surface area contributed by atoms with Crippen LogP contribution in [-0.4, -0.2) is 22.4 Å². The summed E-state index contributed by atoms with van der Waals surface area (Å²) < 4.78 is 1.23. The van der Waals surface area contributed by atoms with E-state index >= 15 is 0 Å². The molecule has 0 saturated carbocycles. The molecule has 0 aliphatic carbocycles. The normalized spacial score (nSPS) is 11.9. The summed E-state index contributed by atoms with van der Waals surface area (Å²) in [5.41, 5.74) is 0.131. The zero-order chi connectivity index (χ0) is 13.5. The van der Waals surface area contributed by atoms with E-state index in [1.807, 2.05) is 13.8 Å². The van der Waals surface area contributed by atoms with E-state index in [1.165, 1.54) is 4.57 Å². The Kier molecular flexibility index (Phi) is 5.30. The summed E-state index contributed by atoms with van der Waals surface area (Å²) in [7, 11) is 0. The number of rotatable bonds is 5. The minimum atomic E-state index is -0.336. The lowest BCUT2D eigenvalue weighted by Crippen LogP contribution is -2.40. The Bertz CT molecular complexity index is 479. The Labute approximate surface area is 106 Å². The van der Waals surface area contributed by atoms with Crippen LogP contribution in [0.4, 0.5) is 4.79 Å². The second-order valence-electron chi connectivity index (χ2n) is 4.24. The first-order valence-electron chi connectivity index (χ1n) is 6.09. The number of amides is 1. The van der Waals surface area contributed by atoms with Crippen molar-refractivity contribution in [2.24, 2.45) is 0 Å². The molecule has 0 fully saturated rings. The molecule has 0 spiro atoms. The second-order valence-corrected chi connectivity index (χ2v) is 4.24. The second kappa shape index (κ2) is 6.74. The van der Waals surface area contributed by atoms with E-state index in [-0.39, 0.29) is 23.3 Å². The molecule has 2 N–H and O–H groups in total. The third-order valence-electron chi connectivity index (χ3n) is 2.70. The van der Waals surface area contributed by atoms with Crippen LogP contribution >= 0.6 is 0 Å². The highest BCUT2D eigenvalue weighted by molar-refractivity contribution is 5.78. The van der Waals surface area contributed by atoms with Crippen molar-refractivity contribution in [3.63, 3.8) is 0 Å². The van der Waals surface area contributed by atoms with Crippen LogP contribution in [-0.2, 0) is 4.79 Å². The van der Waals surface area contributed by atoms with Gasteiger partial charge in [0, 0.05) is 25.1 Å². The highest BCUT2D eigenvalue weighted by Gasteiger charge is 2.10. The fraction of sp³-hybridized carbons (Fsp3) is 0.462. The maximum Gasteiger partial charge on any atom is 0.327 e. The van der Waals surface area contributed by atoms with Crippen LogP contribution in [0.1, 0.15) is 33.1 Å². The Hall–Kier alpha value is -1.91. The molecule has 0 aliphatic rings. The van der Waals surface area contributed by atoms with Crippen LogP contribution < -0.4 is 10.8 Å². The summed E-state index contributed by atoms with van der Waals surface area (Å²) in [5.74, 6) is 0.199. The zero-order valence-electron chi connectivity index (χ0n) is 10.8. The predicted octanol–water partition coefficient (Wildman–Crippen LogP) is 1.67. The van der Waals surface area contributed by atoms with Crippen LogP contribution in [0.2, 0.25) is 0 Å². The average molecular weight is 249 g/mol. The molecule has 0 bridgehead atoms. The van der Waals surface area contributed by atoms with Crippen molar-refractivity contribution >= 4 is 11.8 Å². The van der Waals surface area contributed by atoms with Gasteiger partial charge in [0.2, 0.25) is 0 Å².